The Morgan fingerprint density at radius 3 is 2.68 bits per heavy atom. The zero-order valence-electron chi connectivity index (χ0n) is 18.4. The van der Waals surface area contributed by atoms with Gasteiger partial charge in [-0.1, -0.05) is 12.5 Å². The predicted molar refractivity (Wildman–Crippen MR) is 124 cm³/mol. The van der Waals surface area contributed by atoms with E-state index in [9.17, 15) is 18.0 Å². The molecule has 0 atom stereocenters. The molecule has 180 valence electrons. The van der Waals surface area contributed by atoms with E-state index in [2.05, 4.69) is 15.0 Å². The second-order valence-corrected chi connectivity index (χ2v) is 9.44. The summed E-state index contributed by atoms with van der Waals surface area (Å²) in [5.41, 5.74) is 0.476. The Hall–Kier alpha value is -3.60. The molecule has 1 amide bonds. The first kappa shape index (κ1) is 23.6. The van der Waals surface area contributed by atoms with Gasteiger partial charge in [-0.05, 0) is 49.2 Å². The fraction of sp³-hybridized carbons (Fsp3) is 0.348. The van der Waals surface area contributed by atoms with E-state index in [-0.39, 0.29) is 16.1 Å². The van der Waals surface area contributed by atoms with E-state index in [4.69, 9.17) is 14.2 Å². The lowest BCUT2D eigenvalue weighted by atomic mass is 10.2. The molecule has 2 aliphatic rings. The molecule has 0 aromatic heterocycles. The zero-order chi connectivity index (χ0) is 24.0. The van der Waals surface area contributed by atoms with Gasteiger partial charge in [-0.2, -0.15) is 0 Å². The average molecular weight is 488 g/mol. The standard InChI is InChI=1S/C23H25N3O7S/c27-22(15-33-23(28)16-8-9-19-20(13-16)32-12-11-31-19)25-17-5-4-6-18(14-17)34(29,30)26-21-7-2-1-3-10-24-21/h4-6,8-9,13-14H,1-3,7,10-12,15H2,(H,24,26)(H,25,27). The zero-order valence-corrected chi connectivity index (χ0v) is 19.2. The Morgan fingerprint density at radius 2 is 1.82 bits per heavy atom. The number of carbonyl (C=O) groups is 2. The van der Waals surface area contributed by atoms with Gasteiger partial charge in [-0.3, -0.25) is 14.5 Å². The van der Waals surface area contributed by atoms with Crippen LogP contribution in [0.2, 0.25) is 0 Å². The Balaban J connectivity index is 1.34. The monoisotopic (exact) mass is 487 g/mol. The van der Waals surface area contributed by atoms with Crippen LogP contribution in [-0.4, -0.2) is 52.5 Å². The van der Waals surface area contributed by atoms with Crippen LogP contribution in [0.25, 0.3) is 0 Å². The molecule has 10 nitrogen and oxygen atoms in total. The first-order chi connectivity index (χ1) is 16.4. The SMILES string of the molecule is O=C(COC(=O)c1ccc2c(c1)OCCO2)Nc1cccc(S(=O)(=O)NC2=NCCCCC2)c1. The summed E-state index contributed by atoms with van der Waals surface area (Å²) >= 11 is 0. The summed E-state index contributed by atoms with van der Waals surface area (Å²) in [4.78, 5) is 28.8. The molecule has 0 unspecified atom stereocenters. The third-order valence-electron chi connectivity index (χ3n) is 5.17. The number of esters is 1. The number of hydrogen-bond acceptors (Lipinski definition) is 8. The number of amidine groups is 1. The number of nitrogens with zero attached hydrogens (tertiary/aromatic N) is 1. The number of hydrogen-bond donors (Lipinski definition) is 2. The lowest BCUT2D eigenvalue weighted by molar-refractivity contribution is -0.119. The van der Waals surface area contributed by atoms with Gasteiger partial charge < -0.3 is 19.5 Å². The topological polar surface area (TPSA) is 132 Å². The number of rotatable bonds is 6. The van der Waals surface area contributed by atoms with Crippen molar-refractivity contribution in [3.8, 4) is 11.5 Å². The highest BCUT2D eigenvalue weighted by Crippen LogP contribution is 2.30. The molecular formula is C23H25N3O7S. The Morgan fingerprint density at radius 1 is 1.00 bits per heavy atom. The second kappa shape index (κ2) is 10.6. The minimum absolute atomic E-state index is 0.00878. The highest BCUT2D eigenvalue weighted by molar-refractivity contribution is 7.90. The maximum absolute atomic E-state index is 12.7. The molecule has 0 fully saturated rings. The Kier molecular flexibility index (Phi) is 7.31. The third kappa shape index (κ3) is 6.04. The fourth-order valence-electron chi connectivity index (χ4n) is 3.49. The van der Waals surface area contributed by atoms with Crippen molar-refractivity contribution >= 4 is 33.4 Å². The number of amides is 1. The molecule has 2 N–H and O–H groups in total. The average Bonchev–Trinajstić information content (AvgIpc) is 3.10. The number of aliphatic imine (C=N–C) groups is 1. The molecular weight excluding hydrogens is 462 g/mol. The number of nitrogens with one attached hydrogen (secondary N) is 2. The molecule has 4 rings (SSSR count). The summed E-state index contributed by atoms with van der Waals surface area (Å²) in [6.45, 7) is 0.870. The van der Waals surface area contributed by atoms with E-state index in [1.54, 1.807) is 12.1 Å². The smallest absolute Gasteiger partial charge is 0.338 e. The third-order valence-corrected chi connectivity index (χ3v) is 6.55. The molecule has 2 aliphatic heterocycles. The molecule has 0 aliphatic carbocycles. The van der Waals surface area contributed by atoms with E-state index in [0.29, 0.717) is 43.5 Å². The van der Waals surface area contributed by atoms with Crippen LogP contribution in [0, 0.1) is 0 Å². The number of ether oxygens (including phenoxy) is 3. The Bertz CT molecular complexity index is 1210. The lowest BCUT2D eigenvalue weighted by Gasteiger charge is -2.18. The maximum atomic E-state index is 12.7. The quantitative estimate of drug-likeness (QED) is 0.598. The second-order valence-electron chi connectivity index (χ2n) is 7.76. The van der Waals surface area contributed by atoms with Crippen LogP contribution in [0.5, 0.6) is 11.5 Å². The van der Waals surface area contributed by atoms with Crippen molar-refractivity contribution < 1.29 is 32.2 Å². The van der Waals surface area contributed by atoms with Crippen LogP contribution in [0.3, 0.4) is 0 Å². The predicted octanol–water partition coefficient (Wildman–Crippen LogP) is 2.50. The van der Waals surface area contributed by atoms with Gasteiger partial charge >= 0.3 is 5.97 Å². The van der Waals surface area contributed by atoms with Gasteiger partial charge in [0.25, 0.3) is 15.9 Å². The molecule has 0 saturated carbocycles. The first-order valence-electron chi connectivity index (χ1n) is 10.9. The van der Waals surface area contributed by atoms with Crippen molar-refractivity contribution in [2.24, 2.45) is 4.99 Å². The van der Waals surface area contributed by atoms with Gasteiger partial charge in [0.05, 0.1) is 10.5 Å². The van der Waals surface area contributed by atoms with Crippen LogP contribution < -0.4 is 19.5 Å². The lowest BCUT2D eigenvalue weighted by Crippen LogP contribution is -2.30. The summed E-state index contributed by atoms with van der Waals surface area (Å²) < 4.78 is 43.9. The van der Waals surface area contributed by atoms with E-state index >= 15 is 0 Å². The Labute approximate surface area is 197 Å². The number of fused-ring (bicyclic) bond motifs is 1. The molecule has 11 heteroatoms. The summed E-state index contributed by atoms with van der Waals surface area (Å²) in [6, 6.07) is 10.4. The van der Waals surface area contributed by atoms with E-state index in [1.165, 1.54) is 30.3 Å². The molecule has 0 radical (unpaired) electrons. The van der Waals surface area contributed by atoms with Gasteiger partial charge in [0, 0.05) is 18.7 Å². The largest absolute Gasteiger partial charge is 0.486 e. The van der Waals surface area contributed by atoms with Crippen molar-refractivity contribution in [2.75, 3.05) is 31.7 Å². The van der Waals surface area contributed by atoms with Gasteiger partial charge in [0.2, 0.25) is 0 Å². The van der Waals surface area contributed by atoms with Gasteiger partial charge in [0.15, 0.2) is 18.1 Å². The maximum Gasteiger partial charge on any atom is 0.338 e. The van der Waals surface area contributed by atoms with Gasteiger partial charge in [-0.25, -0.2) is 13.2 Å². The molecule has 2 aromatic rings. The number of benzene rings is 2. The molecule has 2 aromatic carbocycles. The highest BCUT2D eigenvalue weighted by Gasteiger charge is 2.19. The number of carbonyl (C=O) groups excluding carboxylic acids is 2. The van der Waals surface area contributed by atoms with Crippen molar-refractivity contribution in [3.05, 3.63) is 48.0 Å². The van der Waals surface area contributed by atoms with Gasteiger partial charge in [0.1, 0.15) is 19.0 Å². The summed E-state index contributed by atoms with van der Waals surface area (Å²) in [5.74, 6) is 0.110. The van der Waals surface area contributed by atoms with Crippen molar-refractivity contribution in [1.82, 2.24) is 4.72 Å². The van der Waals surface area contributed by atoms with Crippen LogP contribution in [0.4, 0.5) is 5.69 Å². The van der Waals surface area contributed by atoms with Gasteiger partial charge in [-0.15, -0.1) is 0 Å². The van der Waals surface area contributed by atoms with Crippen molar-refractivity contribution in [2.45, 2.75) is 30.6 Å². The number of sulfonamides is 1. The normalized spacial score (nSPS) is 15.5. The first-order valence-corrected chi connectivity index (χ1v) is 12.4. The van der Waals surface area contributed by atoms with E-state index in [0.717, 1.165) is 19.3 Å². The van der Waals surface area contributed by atoms with E-state index < -0.39 is 28.5 Å². The molecule has 2 heterocycles. The molecule has 0 bridgehead atoms. The van der Waals surface area contributed by atoms with Crippen molar-refractivity contribution in [1.29, 1.82) is 0 Å². The van der Waals surface area contributed by atoms with E-state index in [1.807, 2.05) is 0 Å². The van der Waals surface area contributed by atoms with Crippen molar-refractivity contribution in [3.63, 3.8) is 0 Å². The van der Waals surface area contributed by atoms with Crippen LogP contribution in [-0.2, 0) is 19.6 Å². The van der Waals surface area contributed by atoms with Crippen LogP contribution >= 0.6 is 0 Å². The van der Waals surface area contributed by atoms with Crippen LogP contribution in [0.1, 0.15) is 36.0 Å². The number of anilines is 1. The minimum Gasteiger partial charge on any atom is -0.486 e. The summed E-state index contributed by atoms with van der Waals surface area (Å²) in [7, 11) is -3.84. The summed E-state index contributed by atoms with van der Waals surface area (Å²) in [6.07, 6.45) is 3.40. The minimum atomic E-state index is -3.84. The summed E-state index contributed by atoms with van der Waals surface area (Å²) in [5, 5.41) is 2.54. The molecule has 0 saturated heterocycles. The highest BCUT2D eigenvalue weighted by atomic mass is 32.2. The fourth-order valence-corrected chi connectivity index (χ4v) is 4.63. The molecule has 34 heavy (non-hydrogen) atoms. The van der Waals surface area contributed by atoms with Crippen LogP contribution in [0.15, 0.2) is 52.4 Å². The molecule has 0 spiro atoms.